The van der Waals surface area contributed by atoms with E-state index in [1.807, 2.05) is 37.3 Å². The highest BCUT2D eigenvalue weighted by Crippen LogP contribution is 2.43. The van der Waals surface area contributed by atoms with E-state index < -0.39 is 60.9 Å². The Bertz CT molecular complexity index is 1180. The molecule has 210 valence electrons. The molecule has 1 saturated heterocycles. The van der Waals surface area contributed by atoms with Gasteiger partial charge in [-0.25, -0.2) is 0 Å². The van der Waals surface area contributed by atoms with Crippen molar-refractivity contribution >= 4 is 36.2 Å². The first-order chi connectivity index (χ1) is 17.6. The first-order valence-corrected chi connectivity index (χ1v) is 17.7. The average molecular weight is 583 g/mol. The van der Waals surface area contributed by atoms with E-state index in [1.165, 1.54) is 30.8 Å². The Morgan fingerprint density at radius 3 is 2.21 bits per heavy atom. The first-order valence-electron chi connectivity index (χ1n) is 12.5. The zero-order valence-corrected chi connectivity index (χ0v) is 25.5. The second-order valence-electron chi connectivity index (χ2n) is 10.9. The number of rotatable bonds is 9. The Labute approximate surface area is 231 Å². The summed E-state index contributed by atoms with van der Waals surface area (Å²) in [6.07, 6.45) is -4.22. The van der Waals surface area contributed by atoms with Crippen molar-refractivity contribution in [3.05, 3.63) is 60.2 Å². The van der Waals surface area contributed by atoms with Crippen LogP contribution >= 0.6 is 11.8 Å². The van der Waals surface area contributed by atoms with Crippen LogP contribution in [0.1, 0.15) is 33.3 Å². The van der Waals surface area contributed by atoms with Crippen LogP contribution in [0.4, 0.5) is 0 Å². The third-order valence-electron chi connectivity index (χ3n) is 6.86. The van der Waals surface area contributed by atoms with Crippen molar-refractivity contribution in [1.82, 2.24) is 0 Å². The third kappa shape index (κ3) is 7.68. The second-order valence-corrected chi connectivity index (χ2v) is 18.6. The number of thioether (sulfide) groups is 1. The van der Waals surface area contributed by atoms with E-state index in [-0.39, 0.29) is 9.93 Å². The van der Waals surface area contributed by atoms with Gasteiger partial charge in [-0.15, -0.1) is 11.8 Å². The highest BCUT2D eigenvalue weighted by atomic mass is 32.2. The highest BCUT2D eigenvalue weighted by molar-refractivity contribution is 8.00. The first kappa shape index (κ1) is 30.8. The van der Waals surface area contributed by atoms with Crippen LogP contribution in [0.5, 0.6) is 0 Å². The molecule has 0 aliphatic carbocycles. The molecule has 2 aromatic rings. The zero-order valence-electron chi connectivity index (χ0n) is 22.9. The molecule has 1 fully saturated rings. The number of hydrogen-bond donors (Lipinski definition) is 1. The quantitative estimate of drug-likeness (QED) is 0.251. The molecule has 0 aromatic heterocycles. The fourth-order valence-electron chi connectivity index (χ4n) is 3.73. The van der Waals surface area contributed by atoms with Crippen LogP contribution in [0.3, 0.4) is 0 Å². The fraction of sp³-hybridized carbons (Fsp3) is 0.519. The molecule has 0 saturated carbocycles. The van der Waals surface area contributed by atoms with E-state index in [2.05, 4.69) is 33.9 Å². The molecule has 0 unspecified atom stereocenters. The van der Waals surface area contributed by atoms with Crippen molar-refractivity contribution in [2.75, 3.05) is 6.61 Å². The molecule has 0 amide bonds. The topological polar surface area (TPSA) is 108 Å². The van der Waals surface area contributed by atoms with Gasteiger partial charge in [0.15, 0.2) is 20.7 Å². The molecule has 0 bridgehead atoms. The van der Waals surface area contributed by atoms with E-state index in [0.29, 0.717) is 0 Å². The zero-order chi connectivity index (χ0) is 28.3. The number of ether oxygens (including phenoxy) is 2. The average Bonchev–Trinajstić information content (AvgIpc) is 2.82. The summed E-state index contributed by atoms with van der Waals surface area (Å²) in [5, 5.41) is 10.3. The smallest absolute Gasteiger partial charge is 0.303 e. The maximum Gasteiger partial charge on any atom is 0.303 e. The van der Waals surface area contributed by atoms with Crippen LogP contribution in [0.25, 0.3) is 0 Å². The van der Waals surface area contributed by atoms with Crippen molar-refractivity contribution < 1.29 is 36.4 Å². The molecule has 38 heavy (non-hydrogen) atoms. The Morgan fingerprint density at radius 1 is 1.05 bits per heavy atom. The largest absolute Gasteiger partial charge is 0.457 e. The monoisotopic (exact) mass is 582 g/mol. The second kappa shape index (κ2) is 12.2. The van der Waals surface area contributed by atoms with Crippen molar-refractivity contribution in [3.8, 4) is 0 Å². The van der Waals surface area contributed by atoms with E-state index in [0.717, 1.165) is 10.5 Å². The van der Waals surface area contributed by atoms with Gasteiger partial charge >= 0.3 is 5.97 Å². The highest BCUT2D eigenvalue weighted by Gasteiger charge is 2.52. The van der Waals surface area contributed by atoms with Gasteiger partial charge in [-0.05, 0) is 49.3 Å². The molecule has 1 aliphatic heterocycles. The molecule has 1 heterocycles. The standard InChI is InChI=1S/C27H38O8S2Si/c1-18-13-15-21(16-14-18)37(30,31)32-17-22-23(33-19(2)28)24(35-38(6,7)27(3,4)5)25(26(29)34-22)36-20-11-9-8-10-12-20/h8-16,22-26,29H,17H2,1-7H3/t22-,23-,24+,25-,26-/m1/s1. The molecule has 2 aromatic carbocycles. The number of carbonyl (C=O) groups excluding carboxylic acids is 1. The summed E-state index contributed by atoms with van der Waals surface area (Å²) >= 11 is 1.36. The molecule has 1 N–H and O–H groups in total. The summed E-state index contributed by atoms with van der Waals surface area (Å²) in [5.74, 6) is -0.575. The van der Waals surface area contributed by atoms with Gasteiger partial charge in [-0.2, -0.15) is 8.42 Å². The normalized spacial score (nSPS) is 24.7. The lowest BCUT2D eigenvalue weighted by Crippen LogP contribution is -2.63. The maximum atomic E-state index is 12.9. The van der Waals surface area contributed by atoms with Crippen LogP contribution in [0, 0.1) is 6.92 Å². The lowest BCUT2D eigenvalue weighted by Gasteiger charge is -2.48. The van der Waals surface area contributed by atoms with Gasteiger partial charge in [0.05, 0.1) is 16.8 Å². The van der Waals surface area contributed by atoms with Crippen molar-refractivity contribution in [3.63, 3.8) is 0 Å². The molecular formula is C27H38O8S2Si. The summed E-state index contributed by atoms with van der Waals surface area (Å²) in [5.41, 5.74) is 0.908. The van der Waals surface area contributed by atoms with Gasteiger partial charge in [0.1, 0.15) is 12.2 Å². The summed E-state index contributed by atoms with van der Waals surface area (Å²) in [6, 6.07) is 15.7. The number of benzene rings is 2. The minimum absolute atomic E-state index is 0.00456. The van der Waals surface area contributed by atoms with Gasteiger partial charge in [0, 0.05) is 11.8 Å². The minimum atomic E-state index is -4.12. The van der Waals surface area contributed by atoms with Crippen LogP contribution in [0.2, 0.25) is 18.1 Å². The Kier molecular flexibility index (Phi) is 9.89. The number of esters is 1. The predicted molar refractivity (Wildman–Crippen MR) is 149 cm³/mol. The summed E-state index contributed by atoms with van der Waals surface area (Å²) < 4.78 is 49.4. The van der Waals surface area contributed by atoms with Gasteiger partial charge in [0.2, 0.25) is 0 Å². The Balaban J connectivity index is 1.95. The number of hydrogen-bond acceptors (Lipinski definition) is 9. The molecule has 11 heteroatoms. The van der Waals surface area contributed by atoms with E-state index in [1.54, 1.807) is 12.1 Å². The Hall–Kier alpha value is -1.73. The molecule has 8 nitrogen and oxygen atoms in total. The van der Waals surface area contributed by atoms with E-state index in [9.17, 15) is 18.3 Å². The van der Waals surface area contributed by atoms with Crippen LogP contribution in [-0.4, -0.2) is 64.3 Å². The maximum absolute atomic E-state index is 12.9. The molecule has 5 atom stereocenters. The van der Waals surface area contributed by atoms with Crippen molar-refractivity contribution in [1.29, 1.82) is 0 Å². The van der Waals surface area contributed by atoms with Gasteiger partial charge < -0.3 is 19.0 Å². The van der Waals surface area contributed by atoms with E-state index >= 15 is 0 Å². The van der Waals surface area contributed by atoms with Crippen molar-refractivity contribution in [2.24, 2.45) is 0 Å². The SMILES string of the molecule is CC(=O)O[C@H]1[C@H](O[Si](C)(C)C(C)(C)C)[C@@H](Sc2ccccc2)[C@H](O)O[C@@H]1COS(=O)(=O)c1ccc(C)cc1. The lowest BCUT2D eigenvalue weighted by molar-refractivity contribution is -0.238. The van der Waals surface area contributed by atoms with Crippen LogP contribution in [0.15, 0.2) is 64.4 Å². The number of carbonyl (C=O) groups is 1. The molecule has 0 spiro atoms. The molecule has 0 radical (unpaired) electrons. The van der Waals surface area contributed by atoms with Crippen LogP contribution < -0.4 is 0 Å². The summed E-state index contributed by atoms with van der Waals surface area (Å²) in [4.78, 5) is 13.1. The van der Waals surface area contributed by atoms with Gasteiger partial charge in [-0.3, -0.25) is 8.98 Å². The number of aryl methyl sites for hydroxylation is 1. The predicted octanol–water partition coefficient (Wildman–Crippen LogP) is 4.90. The summed E-state index contributed by atoms with van der Waals surface area (Å²) in [7, 11) is -6.57. The molecule has 1 aliphatic rings. The van der Waals surface area contributed by atoms with Crippen molar-refractivity contribution in [2.45, 2.75) is 92.4 Å². The minimum Gasteiger partial charge on any atom is -0.457 e. The number of aliphatic hydroxyl groups is 1. The summed E-state index contributed by atoms with van der Waals surface area (Å²) in [6.45, 7) is 13.1. The van der Waals surface area contributed by atoms with Gasteiger partial charge in [-0.1, -0.05) is 56.7 Å². The molecular weight excluding hydrogens is 545 g/mol. The molecule has 3 rings (SSSR count). The Morgan fingerprint density at radius 2 is 1.66 bits per heavy atom. The van der Waals surface area contributed by atoms with E-state index in [4.69, 9.17) is 18.1 Å². The third-order valence-corrected chi connectivity index (χ3v) is 13.9. The van der Waals surface area contributed by atoms with Gasteiger partial charge in [0.25, 0.3) is 10.1 Å². The fourth-order valence-corrected chi connectivity index (χ4v) is 7.21. The van der Waals surface area contributed by atoms with Crippen LogP contribution in [-0.2, 0) is 33.0 Å². The number of aliphatic hydroxyl groups excluding tert-OH is 1. The lowest BCUT2D eigenvalue weighted by atomic mass is 10.0.